The van der Waals surface area contributed by atoms with Crippen molar-refractivity contribution in [3.8, 4) is 0 Å². The van der Waals surface area contributed by atoms with Gasteiger partial charge in [0.1, 0.15) is 0 Å². The first-order valence-electron chi connectivity index (χ1n) is 11.8. The van der Waals surface area contributed by atoms with Crippen LogP contribution in [-0.4, -0.2) is 0 Å². The van der Waals surface area contributed by atoms with Gasteiger partial charge in [0, 0.05) is 0 Å². The van der Waals surface area contributed by atoms with Gasteiger partial charge >= 0.3 is 26.2 Å². The molecule has 5 rings (SSSR count). The van der Waals surface area contributed by atoms with Gasteiger partial charge in [0.15, 0.2) is 0 Å². The molecule has 0 amide bonds. The third-order valence-corrected chi connectivity index (χ3v) is 6.86. The van der Waals surface area contributed by atoms with Gasteiger partial charge in [-0.15, -0.1) is 33.7 Å². The molecule has 1 aliphatic rings. The minimum Gasteiger partial charge on any atom is -1.00 e. The van der Waals surface area contributed by atoms with Crippen LogP contribution in [0.5, 0.6) is 0 Å². The Morgan fingerprint density at radius 3 is 2.03 bits per heavy atom. The van der Waals surface area contributed by atoms with E-state index < -0.39 is 0 Å². The van der Waals surface area contributed by atoms with Gasteiger partial charge in [0.05, 0.1) is 0 Å². The van der Waals surface area contributed by atoms with Crippen molar-refractivity contribution < 1.29 is 51.0 Å². The van der Waals surface area contributed by atoms with Crippen molar-refractivity contribution in [2.75, 3.05) is 0 Å². The first-order chi connectivity index (χ1) is 15.1. The SMILES string of the molecule is CC(C)(C)c1ccc2c(c1)[cH-]c1c(C3=CC(c4ccccc4)=CC3)c(C(C)(C)C)ccc12.[Cl-].[Cl-].[Zr+3]. The maximum Gasteiger partial charge on any atom is 3.00 e. The number of rotatable bonds is 2. The van der Waals surface area contributed by atoms with Gasteiger partial charge in [0.25, 0.3) is 0 Å². The van der Waals surface area contributed by atoms with Crippen LogP contribution in [0.15, 0.2) is 78.9 Å². The summed E-state index contributed by atoms with van der Waals surface area (Å²) in [5.74, 6) is 0. The number of fused-ring (bicyclic) bond motifs is 3. The van der Waals surface area contributed by atoms with Crippen molar-refractivity contribution in [1.82, 2.24) is 0 Å². The van der Waals surface area contributed by atoms with Gasteiger partial charge in [0.2, 0.25) is 0 Å². The summed E-state index contributed by atoms with van der Waals surface area (Å²) in [5.41, 5.74) is 8.57. The minimum absolute atomic E-state index is 0. The predicted molar refractivity (Wildman–Crippen MR) is 141 cm³/mol. The van der Waals surface area contributed by atoms with E-state index in [2.05, 4.69) is 120 Å². The number of hydrogen-bond donors (Lipinski definition) is 0. The Bertz CT molecular complexity index is 1390. The third kappa shape index (κ3) is 5.59. The number of allylic oxidation sites excluding steroid dienone is 4. The first kappa shape index (κ1) is 29.7. The fraction of sp³-hybridized carbons (Fsp3) is 0.281. The van der Waals surface area contributed by atoms with Crippen LogP contribution in [0.4, 0.5) is 0 Å². The molecule has 0 atom stereocenters. The van der Waals surface area contributed by atoms with Crippen molar-refractivity contribution in [3.63, 3.8) is 0 Å². The maximum atomic E-state index is 2.44. The fourth-order valence-electron chi connectivity index (χ4n) is 5.06. The second kappa shape index (κ2) is 10.8. The zero-order chi connectivity index (χ0) is 22.7. The molecule has 179 valence electrons. The Morgan fingerprint density at radius 1 is 0.743 bits per heavy atom. The number of benzene rings is 3. The summed E-state index contributed by atoms with van der Waals surface area (Å²) in [6.07, 6.45) is 5.79. The summed E-state index contributed by atoms with van der Waals surface area (Å²) in [7, 11) is 0. The number of halogens is 2. The average molecular weight is 580 g/mol. The average Bonchev–Trinajstić information content (AvgIpc) is 3.37. The second-order valence-electron chi connectivity index (χ2n) is 11.3. The van der Waals surface area contributed by atoms with Crippen LogP contribution in [0.3, 0.4) is 0 Å². The van der Waals surface area contributed by atoms with Crippen LogP contribution in [0.2, 0.25) is 0 Å². The van der Waals surface area contributed by atoms with Gasteiger partial charge in [-0.1, -0.05) is 131 Å². The van der Waals surface area contributed by atoms with Gasteiger partial charge < -0.3 is 24.8 Å². The van der Waals surface area contributed by atoms with E-state index in [1.807, 2.05) is 0 Å². The van der Waals surface area contributed by atoms with Gasteiger partial charge in [-0.05, 0) is 28.4 Å². The molecule has 0 bridgehead atoms. The molecule has 0 saturated carbocycles. The molecule has 1 aliphatic carbocycles. The predicted octanol–water partition coefficient (Wildman–Crippen LogP) is 3.18. The molecule has 4 aromatic carbocycles. The third-order valence-electron chi connectivity index (χ3n) is 6.86. The van der Waals surface area contributed by atoms with Crippen molar-refractivity contribution >= 4 is 32.7 Å². The Labute approximate surface area is 242 Å². The van der Waals surface area contributed by atoms with Crippen molar-refractivity contribution in [2.45, 2.75) is 58.8 Å². The smallest absolute Gasteiger partial charge is 1.00 e. The summed E-state index contributed by atoms with van der Waals surface area (Å²) in [5, 5.41) is 5.49. The van der Waals surface area contributed by atoms with E-state index >= 15 is 0 Å². The molecule has 0 spiro atoms. The molecular weight excluding hydrogens is 546 g/mol. The fourth-order valence-corrected chi connectivity index (χ4v) is 5.06. The summed E-state index contributed by atoms with van der Waals surface area (Å²) in [6.45, 7) is 13.9. The molecule has 0 fully saturated rings. The number of hydrogen-bond acceptors (Lipinski definition) is 0. The molecule has 3 heteroatoms. The molecular formula is C32H33Cl2Zr. The summed E-state index contributed by atoms with van der Waals surface area (Å²) < 4.78 is 0. The Balaban J connectivity index is 0.00000144. The quantitative estimate of drug-likeness (QED) is 0.320. The Morgan fingerprint density at radius 2 is 1.40 bits per heavy atom. The van der Waals surface area contributed by atoms with E-state index in [1.54, 1.807) is 0 Å². The van der Waals surface area contributed by atoms with Crippen LogP contribution in [0, 0.1) is 0 Å². The molecule has 0 aromatic heterocycles. The second-order valence-corrected chi connectivity index (χ2v) is 11.3. The minimum atomic E-state index is 0. The standard InChI is InChI=1S/C32H33.2ClH.Zr/c1-31(2,3)25-14-15-26-24(19-25)20-28-27(26)16-17-29(32(4,5)6)30(28)23-13-12-22(18-23)21-10-8-7-9-11-21;;;/h7-12,14-20H,13H2,1-6H3;2*1H;/q-1;;;+3/p-2. The first-order valence-corrected chi connectivity index (χ1v) is 11.8. The molecule has 1 radical (unpaired) electrons. The van der Waals surface area contributed by atoms with Crippen LogP contribution < -0.4 is 24.8 Å². The van der Waals surface area contributed by atoms with Crippen LogP contribution in [0.25, 0.3) is 32.7 Å². The molecule has 0 aliphatic heterocycles. The van der Waals surface area contributed by atoms with Crippen LogP contribution >= 0.6 is 0 Å². The van der Waals surface area contributed by atoms with E-state index in [0.717, 1.165) is 6.42 Å². The van der Waals surface area contributed by atoms with Crippen molar-refractivity contribution in [3.05, 3.63) is 101 Å². The molecule has 4 aromatic rings. The van der Waals surface area contributed by atoms with Crippen LogP contribution in [0.1, 0.15) is 70.2 Å². The van der Waals surface area contributed by atoms with Gasteiger partial charge in [-0.25, -0.2) is 0 Å². The van der Waals surface area contributed by atoms with Crippen molar-refractivity contribution in [2.24, 2.45) is 0 Å². The van der Waals surface area contributed by atoms with E-state index in [9.17, 15) is 0 Å². The summed E-state index contributed by atoms with van der Waals surface area (Å²) >= 11 is 0. The monoisotopic (exact) mass is 577 g/mol. The van der Waals surface area contributed by atoms with Gasteiger partial charge in [-0.2, -0.15) is 0 Å². The molecule has 0 heterocycles. The van der Waals surface area contributed by atoms with E-state index in [0.29, 0.717) is 0 Å². The molecule has 0 N–H and O–H groups in total. The normalized spacial score (nSPS) is 13.5. The summed E-state index contributed by atoms with van der Waals surface area (Å²) in [6, 6.07) is 24.9. The molecule has 0 nitrogen and oxygen atoms in total. The topological polar surface area (TPSA) is 0 Å². The van der Waals surface area contributed by atoms with E-state index in [4.69, 9.17) is 0 Å². The Kier molecular flexibility index (Phi) is 9.20. The van der Waals surface area contributed by atoms with Crippen LogP contribution in [-0.2, 0) is 37.0 Å². The zero-order valence-electron chi connectivity index (χ0n) is 21.5. The largest absolute Gasteiger partial charge is 3.00 e. The zero-order valence-corrected chi connectivity index (χ0v) is 25.4. The van der Waals surface area contributed by atoms with E-state index in [1.165, 1.54) is 54.9 Å². The maximum absolute atomic E-state index is 2.44. The Hall–Kier alpha value is -1.53. The molecule has 0 saturated heterocycles. The molecule has 35 heavy (non-hydrogen) atoms. The summed E-state index contributed by atoms with van der Waals surface area (Å²) in [4.78, 5) is 0. The van der Waals surface area contributed by atoms with Crippen molar-refractivity contribution in [1.29, 1.82) is 0 Å². The van der Waals surface area contributed by atoms with Gasteiger partial charge in [-0.3, -0.25) is 0 Å². The molecule has 0 unspecified atom stereocenters. The van der Waals surface area contributed by atoms with E-state index in [-0.39, 0.29) is 61.8 Å².